The summed E-state index contributed by atoms with van der Waals surface area (Å²) < 4.78 is 0. The molecule has 0 heterocycles. The van der Waals surface area contributed by atoms with Gasteiger partial charge >= 0.3 is 0 Å². The van der Waals surface area contributed by atoms with Gasteiger partial charge < -0.3 is 15.5 Å². The maximum atomic E-state index is 12.1. The van der Waals surface area contributed by atoms with E-state index in [0.717, 1.165) is 0 Å². The quantitative estimate of drug-likeness (QED) is 0.444. The molecule has 0 atom stereocenters. The van der Waals surface area contributed by atoms with E-state index in [0.29, 0.717) is 5.56 Å². The molecule has 116 valence electrons. The van der Waals surface area contributed by atoms with Gasteiger partial charge in [-0.25, -0.2) is 0 Å². The van der Waals surface area contributed by atoms with Crippen LogP contribution in [0.15, 0.2) is 42.0 Å². The van der Waals surface area contributed by atoms with Gasteiger partial charge in [0.2, 0.25) is 0 Å². The molecule has 2 aromatic carbocycles. The molecule has 0 fully saturated rings. The van der Waals surface area contributed by atoms with Crippen molar-refractivity contribution in [1.82, 2.24) is 0 Å². The minimum Gasteiger partial charge on any atom is -0.504 e. The van der Waals surface area contributed by atoms with E-state index in [1.54, 1.807) is 24.3 Å². The van der Waals surface area contributed by atoms with Crippen LogP contribution in [0.5, 0.6) is 11.5 Å². The first-order valence-electron chi connectivity index (χ1n) is 6.31. The summed E-state index contributed by atoms with van der Waals surface area (Å²) >= 11 is 11.8. The second-order valence-corrected chi connectivity index (χ2v) is 5.26. The highest BCUT2D eigenvalue weighted by Crippen LogP contribution is 2.30. The van der Waals surface area contributed by atoms with E-state index in [4.69, 9.17) is 28.5 Å². The van der Waals surface area contributed by atoms with E-state index < -0.39 is 5.91 Å². The van der Waals surface area contributed by atoms with Crippen molar-refractivity contribution in [3.8, 4) is 17.6 Å². The summed E-state index contributed by atoms with van der Waals surface area (Å²) in [5, 5.41) is 30.8. The fraction of sp³-hybridized carbons (Fsp3) is 0. The van der Waals surface area contributed by atoms with Crippen LogP contribution < -0.4 is 5.32 Å². The molecular formula is C16H10Cl2N2O3. The fourth-order valence-corrected chi connectivity index (χ4v) is 2.08. The minimum absolute atomic E-state index is 0.169. The van der Waals surface area contributed by atoms with Crippen molar-refractivity contribution in [2.24, 2.45) is 0 Å². The molecule has 0 spiro atoms. The van der Waals surface area contributed by atoms with Gasteiger partial charge in [-0.15, -0.1) is 0 Å². The van der Waals surface area contributed by atoms with Gasteiger partial charge in [-0.1, -0.05) is 35.3 Å². The van der Waals surface area contributed by atoms with Gasteiger partial charge in [0.1, 0.15) is 11.6 Å². The Labute approximate surface area is 142 Å². The molecule has 0 aliphatic heterocycles. The number of amides is 1. The average molecular weight is 349 g/mol. The van der Waals surface area contributed by atoms with Crippen LogP contribution in [0.3, 0.4) is 0 Å². The predicted octanol–water partition coefficient (Wildman–Crippen LogP) is 3.95. The first-order chi connectivity index (χ1) is 10.9. The molecular weight excluding hydrogens is 339 g/mol. The number of carbonyl (C=O) groups is 1. The van der Waals surface area contributed by atoms with Gasteiger partial charge in [-0.3, -0.25) is 4.79 Å². The van der Waals surface area contributed by atoms with Crippen molar-refractivity contribution >= 4 is 40.9 Å². The summed E-state index contributed by atoms with van der Waals surface area (Å²) in [6.45, 7) is 0. The second-order valence-electron chi connectivity index (χ2n) is 4.47. The number of hydrogen-bond acceptors (Lipinski definition) is 4. The lowest BCUT2D eigenvalue weighted by atomic mass is 10.1. The molecule has 0 saturated heterocycles. The van der Waals surface area contributed by atoms with Gasteiger partial charge in [-0.2, -0.15) is 5.26 Å². The molecule has 7 heteroatoms. The maximum absolute atomic E-state index is 12.1. The van der Waals surface area contributed by atoms with E-state index in [1.807, 2.05) is 0 Å². The first-order valence-corrected chi connectivity index (χ1v) is 7.07. The van der Waals surface area contributed by atoms with Gasteiger partial charge in [0.05, 0.1) is 15.7 Å². The van der Waals surface area contributed by atoms with Gasteiger partial charge in [0.25, 0.3) is 5.91 Å². The third kappa shape index (κ3) is 3.95. The summed E-state index contributed by atoms with van der Waals surface area (Å²) in [6.07, 6.45) is 1.27. The standard InChI is InChI=1S/C16H10Cl2N2O3/c17-11-2-1-3-12(15(11)18)20-16(23)10(8-19)6-9-4-5-13(21)14(22)7-9/h1-7,21-22H,(H,20,23). The highest BCUT2D eigenvalue weighted by molar-refractivity contribution is 6.44. The van der Waals surface area contributed by atoms with Crippen LogP contribution in [-0.2, 0) is 4.79 Å². The van der Waals surface area contributed by atoms with E-state index >= 15 is 0 Å². The number of carbonyl (C=O) groups excluding carboxylic acids is 1. The molecule has 0 bridgehead atoms. The van der Waals surface area contributed by atoms with E-state index in [9.17, 15) is 15.0 Å². The van der Waals surface area contributed by atoms with Crippen molar-refractivity contribution in [2.75, 3.05) is 5.32 Å². The number of halogens is 2. The normalized spacial score (nSPS) is 10.9. The Morgan fingerprint density at radius 3 is 2.57 bits per heavy atom. The SMILES string of the molecule is N#CC(=Cc1ccc(O)c(O)c1)C(=O)Nc1cccc(Cl)c1Cl. The molecule has 0 unspecified atom stereocenters. The van der Waals surface area contributed by atoms with Crippen molar-refractivity contribution < 1.29 is 15.0 Å². The topological polar surface area (TPSA) is 93.3 Å². The van der Waals surface area contributed by atoms with E-state index in [-0.39, 0.29) is 32.8 Å². The Bertz CT molecular complexity index is 842. The van der Waals surface area contributed by atoms with Crippen molar-refractivity contribution in [1.29, 1.82) is 5.26 Å². The van der Waals surface area contributed by atoms with Crippen LogP contribution in [0.2, 0.25) is 10.0 Å². The lowest BCUT2D eigenvalue weighted by Gasteiger charge is -2.07. The smallest absolute Gasteiger partial charge is 0.266 e. The number of rotatable bonds is 3. The Hall–Kier alpha value is -2.68. The zero-order valence-electron chi connectivity index (χ0n) is 11.5. The molecule has 0 radical (unpaired) electrons. The summed E-state index contributed by atoms with van der Waals surface area (Å²) in [5.41, 5.74) is 0.453. The molecule has 2 aromatic rings. The molecule has 1 amide bonds. The lowest BCUT2D eigenvalue weighted by molar-refractivity contribution is -0.112. The Morgan fingerprint density at radius 1 is 1.17 bits per heavy atom. The van der Waals surface area contributed by atoms with Gasteiger partial charge in [-0.05, 0) is 35.9 Å². The van der Waals surface area contributed by atoms with Crippen molar-refractivity contribution in [3.63, 3.8) is 0 Å². The van der Waals surface area contributed by atoms with Crippen LogP contribution >= 0.6 is 23.2 Å². The number of phenols is 2. The second kappa shape index (κ2) is 7.05. The molecule has 0 aliphatic carbocycles. The van der Waals surface area contributed by atoms with E-state index in [1.165, 1.54) is 24.3 Å². The van der Waals surface area contributed by atoms with Gasteiger partial charge in [0.15, 0.2) is 11.5 Å². The summed E-state index contributed by atoms with van der Waals surface area (Å²) in [4.78, 5) is 12.1. The molecule has 2 rings (SSSR count). The average Bonchev–Trinajstić information content (AvgIpc) is 2.52. The molecule has 3 N–H and O–H groups in total. The van der Waals surface area contributed by atoms with E-state index in [2.05, 4.69) is 5.32 Å². The number of nitriles is 1. The number of anilines is 1. The number of aromatic hydroxyl groups is 2. The molecule has 0 aliphatic rings. The van der Waals surface area contributed by atoms with Crippen LogP contribution in [0.1, 0.15) is 5.56 Å². The number of phenolic OH excluding ortho intramolecular Hbond substituents is 2. The van der Waals surface area contributed by atoms with Crippen LogP contribution in [0, 0.1) is 11.3 Å². The van der Waals surface area contributed by atoms with Crippen molar-refractivity contribution in [2.45, 2.75) is 0 Å². The molecule has 23 heavy (non-hydrogen) atoms. The summed E-state index contributed by atoms with van der Waals surface area (Å²) in [6, 6.07) is 10.4. The first kappa shape index (κ1) is 16.7. The zero-order valence-corrected chi connectivity index (χ0v) is 13.1. The Morgan fingerprint density at radius 2 is 1.91 bits per heavy atom. The van der Waals surface area contributed by atoms with Crippen LogP contribution in [0.4, 0.5) is 5.69 Å². The number of nitrogens with one attached hydrogen (secondary N) is 1. The zero-order chi connectivity index (χ0) is 17.0. The summed E-state index contributed by atoms with van der Waals surface area (Å²) in [7, 11) is 0. The number of hydrogen-bond donors (Lipinski definition) is 3. The third-order valence-corrected chi connectivity index (χ3v) is 3.69. The minimum atomic E-state index is -0.677. The highest BCUT2D eigenvalue weighted by atomic mass is 35.5. The largest absolute Gasteiger partial charge is 0.504 e. The highest BCUT2D eigenvalue weighted by Gasteiger charge is 2.13. The van der Waals surface area contributed by atoms with Gasteiger partial charge in [0, 0.05) is 0 Å². The molecule has 0 saturated carbocycles. The monoisotopic (exact) mass is 348 g/mol. The summed E-state index contributed by atoms with van der Waals surface area (Å²) in [5.74, 6) is -1.32. The van der Waals surface area contributed by atoms with Crippen molar-refractivity contribution in [3.05, 3.63) is 57.6 Å². The lowest BCUT2D eigenvalue weighted by Crippen LogP contribution is -2.13. The Balaban J connectivity index is 2.28. The molecule has 5 nitrogen and oxygen atoms in total. The fourth-order valence-electron chi connectivity index (χ4n) is 1.74. The number of nitrogens with zero attached hydrogens (tertiary/aromatic N) is 1. The molecule has 0 aromatic heterocycles. The van der Waals surface area contributed by atoms with Crippen LogP contribution in [-0.4, -0.2) is 16.1 Å². The predicted molar refractivity (Wildman–Crippen MR) is 88.5 cm³/mol. The number of benzene rings is 2. The van der Waals surface area contributed by atoms with Crippen LogP contribution in [0.25, 0.3) is 6.08 Å². The Kier molecular flexibility index (Phi) is 5.12. The maximum Gasteiger partial charge on any atom is 0.266 e. The third-order valence-electron chi connectivity index (χ3n) is 2.88.